The molecule has 5 nitrogen and oxygen atoms in total. The molecule has 0 saturated heterocycles. The maximum absolute atomic E-state index is 5.54. The molecule has 0 aliphatic rings. The Bertz CT molecular complexity index is 688. The Morgan fingerprint density at radius 2 is 2.28 bits per heavy atom. The van der Waals surface area contributed by atoms with Gasteiger partial charge in [0.15, 0.2) is 0 Å². The van der Waals surface area contributed by atoms with E-state index in [1.807, 2.05) is 18.2 Å². The molecule has 0 saturated carbocycles. The largest absolute Gasteiger partial charge is 0.497 e. The first-order valence-electron chi connectivity index (χ1n) is 5.84. The van der Waals surface area contributed by atoms with Gasteiger partial charge in [0.2, 0.25) is 4.96 Å². The number of rotatable bonds is 4. The lowest BCUT2D eigenvalue weighted by atomic mass is 10.3. The molecule has 0 bridgehead atoms. The van der Waals surface area contributed by atoms with Crippen molar-refractivity contribution in [2.45, 2.75) is 12.8 Å². The number of aromatic nitrogens is 3. The number of aryl methyl sites for hydroxylation is 1. The smallest absolute Gasteiger partial charge is 0.217 e. The number of hydrogen-bond acceptors (Lipinski definition) is 5. The zero-order valence-electron chi connectivity index (χ0n) is 10.1. The molecule has 0 spiro atoms. The van der Waals surface area contributed by atoms with E-state index in [1.165, 1.54) is 0 Å². The van der Waals surface area contributed by atoms with Crippen LogP contribution in [0.2, 0.25) is 0 Å². The van der Waals surface area contributed by atoms with Crippen molar-refractivity contribution < 1.29 is 4.74 Å². The Labute approximate surface area is 108 Å². The van der Waals surface area contributed by atoms with E-state index in [0.717, 1.165) is 39.6 Å². The van der Waals surface area contributed by atoms with E-state index in [1.54, 1.807) is 18.4 Å². The molecule has 0 aliphatic heterocycles. The third-order valence-electron chi connectivity index (χ3n) is 2.91. The molecule has 0 atom stereocenters. The average molecular weight is 262 g/mol. The van der Waals surface area contributed by atoms with Crippen molar-refractivity contribution in [2.75, 3.05) is 13.7 Å². The van der Waals surface area contributed by atoms with Crippen LogP contribution < -0.4 is 10.5 Å². The van der Waals surface area contributed by atoms with Gasteiger partial charge >= 0.3 is 0 Å². The fourth-order valence-electron chi connectivity index (χ4n) is 2.02. The van der Waals surface area contributed by atoms with Gasteiger partial charge in [0.05, 0.1) is 17.3 Å². The molecular formula is C12H14N4OS. The summed E-state index contributed by atoms with van der Waals surface area (Å²) < 4.78 is 8.50. The quantitative estimate of drug-likeness (QED) is 0.779. The number of fused-ring (bicyclic) bond motifs is 3. The van der Waals surface area contributed by atoms with Gasteiger partial charge in [0, 0.05) is 6.42 Å². The lowest BCUT2D eigenvalue weighted by Gasteiger charge is -2.00. The van der Waals surface area contributed by atoms with Gasteiger partial charge in [0.1, 0.15) is 11.6 Å². The van der Waals surface area contributed by atoms with Gasteiger partial charge in [-0.15, -0.1) is 10.2 Å². The molecule has 0 unspecified atom stereocenters. The molecule has 2 aromatic heterocycles. The van der Waals surface area contributed by atoms with Crippen LogP contribution in [0.3, 0.4) is 0 Å². The number of nitrogens with two attached hydrogens (primary N) is 1. The summed E-state index contributed by atoms with van der Waals surface area (Å²) in [5.74, 6) is 1.84. The first kappa shape index (κ1) is 11.4. The summed E-state index contributed by atoms with van der Waals surface area (Å²) in [7, 11) is 1.67. The third-order valence-corrected chi connectivity index (χ3v) is 3.91. The average Bonchev–Trinajstić information content (AvgIpc) is 2.94. The van der Waals surface area contributed by atoms with Crippen molar-refractivity contribution in [3.8, 4) is 5.75 Å². The highest BCUT2D eigenvalue weighted by atomic mass is 32.1. The van der Waals surface area contributed by atoms with Crippen LogP contribution in [0.4, 0.5) is 0 Å². The SMILES string of the molecule is COc1ccc2c(c1)sc1nnc(CCCN)n12. The summed E-state index contributed by atoms with van der Waals surface area (Å²) in [6.07, 6.45) is 1.78. The van der Waals surface area contributed by atoms with Gasteiger partial charge < -0.3 is 10.5 Å². The van der Waals surface area contributed by atoms with Crippen molar-refractivity contribution in [2.24, 2.45) is 5.73 Å². The Hall–Kier alpha value is -1.66. The Morgan fingerprint density at radius 3 is 3.06 bits per heavy atom. The minimum Gasteiger partial charge on any atom is -0.497 e. The monoisotopic (exact) mass is 262 g/mol. The summed E-state index contributed by atoms with van der Waals surface area (Å²) in [6, 6.07) is 6.04. The topological polar surface area (TPSA) is 65.4 Å². The van der Waals surface area contributed by atoms with Gasteiger partial charge in [0.25, 0.3) is 0 Å². The van der Waals surface area contributed by atoms with Crippen LogP contribution in [-0.4, -0.2) is 28.3 Å². The van der Waals surface area contributed by atoms with Gasteiger partial charge in [-0.25, -0.2) is 0 Å². The van der Waals surface area contributed by atoms with Crippen molar-refractivity contribution >= 4 is 26.5 Å². The summed E-state index contributed by atoms with van der Waals surface area (Å²) >= 11 is 1.62. The van der Waals surface area contributed by atoms with Gasteiger partial charge in [-0.2, -0.15) is 0 Å². The zero-order valence-corrected chi connectivity index (χ0v) is 10.9. The van der Waals surface area contributed by atoms with Crippen molar-refractivity contribution in [3.05, 3.63) is 24.0 Å². The minimum atomic E-state index is 0.671. The van der Waals surface area contributed by atoms with E-state index in [0.29, 0.717) is 6.54 Å². The molecule has 0 aliphatic carbocycles. The molecule has 6 heteroatoms. The molecule has 1 aromatic carbocycles. The number of nitrogens with zero attached hydrogens (tertiary/aromatic N) is 3. The van der Waals surface area contributed by atoms with Crippen LogP contribution in [-0.2, 0) is 6.42 Å². The van der Waals surface area contributed by atoms with Gasteiger partial charge in [-0.3, -0.25) is 4.40 Å². The highest BCUT2D eigenvalue weighted by Crippen LogP contribution is 2.29. The molecule has 3 aromatic rings. The third kappa shape index (κ3) is 1.74. The van der Waals surface area contributed by atoms with Crippen LogP contribution in [0.5, 0.6) is 5.75 Å². The predicted octanol–water partition coefficient (Wildman–Crippen LogP) is 1.84. The lowest BCUT2D eigenvalue weighted by molar-refractivity contribution is 0.415. The highest BCUT2D eigenvalue weighted by molar-refractivity contribution is 7.23. The molecule has 2 N–H and O–H groups in total. The van der Waals surface area contributed by atoms with E-state index < -0.39 is 0 Å². The normalized spacial score (nSPS) is 11.4. The second kappa shape index (κ2) is 4.55. The number of ether oxygens (including phenoxy) is 1. The first-order valence-corrected chi connectivity index (χ1v) is 6.65. The molecule has 0 amide bonds. The zero-order chi connectivity index (χ0) is 12.5. The Kier molecular flexibility index (Phi) is 2.89. The second-order valence-corrected chi connectivity index (χ2v) is 5.07. The first-order chi connectivity index (χ1) is 8.83. The van der Waals surface area contributed by atoms with Crippen LogP contribution in [0, 0.1) is 0 Å². The Balaban J connectivity index is 2.17. The molecule has 3 rings (SSSR count). The van der Waals surface area contributed by atoms with Crippen molar-refractivity contribution in [1.82, 2.24) is 14.6 Å². The maximum atomic E-state index is 5.54. The second-order valence-electron chi connectivity index (χ2n) is 4.06. The summed E-state index contributed by atoms with van der Waals surface area (Å²) in [6.45, 7) is 0.671. The van der Waals surface area contributed by atoms with E-state index >= 15 is 0 Å². The van der Waals surface area contributed by atoms with Crippen LogP contribution in [0.15, 0.2) is 18.2 Å². The molecule has 0 radical (unpaired) electrons. The lowest BCUT2D eigenvalue weighted by Crippen LogP contribution is -2.02. The van der Waals surface area contributed by atoms with E-state index in [2.05, 4.69) is 14.6 Å². The fraction of sp³-hybridized carbons (Fsp3) is 0.333. The molecule has 18 heavy (non-hydrogen) atoms. The number of benzene rings is 1. The van der Waals surface area contributed by atoms with Crippen LogP contribution in [0.25, 0.3) is 15.2 Å². The van der Waals surface area contributed by atoms with Crippen molar-refractivity contribution in [1.29, 1.82) is 0 Å². The number of methoxy groups -OCH3 is 1. The van der Waals surface area contributed by atoms with Gasteiger partial charge in [-0.1, -0.05) is 11.3 Å². The standard InChI is InChI=1S/C12H14N4OS/c1-17-8-4-5-9-10(7-8)18-12-15-14-11(16(9)12)3-2-6-13/h4-5,7H,2-3,6,13H2,1H3. The van der Waals surface area contributed by atoms with Crippen LogP contribution >= 0.6 is 11.3 Å². The van der Waals surface area contributed by atoms with E-state index in [4.69, 9.17) is 10.5 Å². The molecular weight excluding hydrogens is 248 g/mol. The fourth-order valence-corrected chi connectivity index (χ4v) is 3.03. The molecule has 94 valence electrons. The Morgan fingerprint density at radius 1 is 1.39 bits per heavy atom. The highest BCUT2D eigenvalue weighted by Gasteiger charge is 2.12. The maximum Gasteiger partial charge on any atom is 0.217 e. The molecule has 0 fully saturated rings. The molecule has 2 heterocycles. The summed E-state index contributed by atoms with van der Waals surface area (Å²) in [4.78, 5) is 0.922. The van der Waals surface area contributed by atoms with E-state index in [9.17, 15) is 0 Å². The van der Waals surface area contributed by atoms with Crippen molar-refractivity contribution in [3.63, 3.8) is 0 Å². The predicted molar refractivity (Wildman–Crippen MR) is 72.3 cm³/mol. The number of hydrogen-bond donors (Lipinski definition) is 1. The number of thiazole rings is 1. The minimum absolute atomic E-state index is 0.671. The van der Waals surface area contributed by atoms with Gasteiger partial charge in [-0.05, 0) is 31.2 Å². The van der Waals surface area contributed by atoms with E-state index in [-0.39, 0.29) is 0 Å². The van der Waals surface area contributed by atoms with Crippen LogP contribution in [0.1, 0.15) is 12.2 Å². The summed E-state index contributed by atoms with van der Waals surface area (Å²) in [5.41, 5.74) is 6.68. The summed E-state index contributed by atoms with van der Waals surface area (Å²) in [5, 5.41) is 8.44.